The molecule has 1 aliphatic heterocycles. The van der Waals surface area contributed by atoms with Crippen LogP contribution in [0.2, 0.25) is 0 Å². The van der Waals surface area contributed by atoms with Gasteiger partial charge in [0, 0.05) is 24.3 Å². The average Bonchev–Trinajstić information content (AvgIpc) is 2.99. The molecule has 1 aromatic heterocycles. The molecule has 0 atom stereocenters. The molecule has 0 saturated carbocycles. The molecule has 2 heterocycles. The second kappa shape index (κ2) is 8.52. The molecule has 136 valence electrons. The highest BCUT2D eigenvalue weighted by molar-refractivity contribution is 6.06. The van der Waals surface area contributed by atoms with Crippen molar-refractivity contribution in [3.63, 3.8) is 0 Å². The number of benzene rings is 1. The summed E-state index contributed by atoms with van der Waals surface area (Å²) in [5, 5.41) is 0. The molecule has 3 rings (SSSR count). The number of rotatable bonds is 5. The second-order valence-electron chi connectivity index (χ2n) is 6.34. The van der Waals surface area contributed by atoms with Crippen molar-refractivity contribution in [2.75, 3.05) is 25.1 Å². The molecule has 0 amide bonds. The molecular formula is C21H23NO4. The molecule has 5 nitrogen and oxygen atoms in total. The summed E-state index contributed by atoms with van der Waals surface area (Å²) in [7, 11) is 1.29. The van der Waals surface area contributed by atoms with E-state index in [0.29, 0.717) is 11.3 Å². The molecule has 1 aromatic carbocycles. The zero-order valence-electron chi connectivity index (χ0n) is 14.9. The Labute approximate surface area is 153 Å². The molecule has 26 heavy (non-hydrogen) atoms. The Morgan fingerprint density at radius 1 is 1.00 bits per heavy atom. The molecule has 2 aromatic rings. The van der Waals surface area contributed by atoms with E-state index in [1.54, 1.807) is 12.1 Å². The third-order valence-corrected chi connectivity index (χ3v) is 4.54. The van der Waals surface area contributed by atoms with E-state index in [1.165, 1.54) is 50.6 Å². The first kappa shape index (κ1) is 18.0. The fourth-order valence-electron chi connectivity index (χ4n) is 3.07. The number of hydrogen-bond donors (Lipinski definition) is 0. The van der Waals surface area contributed by atoms with Gasteiger partial charge in [-0.05, 0) is 61.4 Å². The Hall–Kier alpha value is -2.82. The van der Waals surface area contributed by atoms with E-state index in [2.05, 4.69) is 9.64 Å². The van der Waals surface area contributed by atoms with Crippen LogP contribution in [0.5, 0.6) is 0 Å². The number of hydrogen-bond acceptors (Lipinski definition) is 5. The van der Waals surface area contributed by atoms with E-state index < -0.39 is 5.97 Å². The van der Waals surface area contributed by atoms with Gasteiger partial charge in [0.2, 0.25) is 5.76 Å². The molecule has 0 spiro atoms. The van der Waals surface area contributed by atoms with Gasteiger partial charge >= 0.3 is 5.97 Å². The van der Waals surface area contributed by atoms with Gasteiger partial charge < -0.3 is 14.1 Å². The number of ether oxygens (including phenoxy) is 1. The number of esters is 1. The number of furan rings is 1. The first-order valence-electron chi connectivity index (χ1n) is 8.93. The fourth-order valence-corrected chi connectivity index (χ4v) is 3.07. The summed E-state index contributed by atoms with van der Waals surface area (Å²) in [5.74, 6) is -0.107. The first-order valence-corrected chi connectivity index (χ1v) is 8.93. The van der Waals surface area contributed by atoms with E-state index >= 15 is 0 Å². The first-order chi connectivity index (χ1) is 12.7. The monoisotopic (exact) mass is 353 g/mol. The SMILES string of the molecule is COC(=O)c1ccc(C=CC(=O)c2ccc(N3CCCCCC3)cc2)o1. The van der Waals surface area contributed by atoms with Gasteiger partial charge in [0.05, 0.1) is 7.11 Å². The topological polar surface area (TPSA) is 59.8 Å². The van der Waals surface area contributed by atoms with Crippen LogP contribution in [0.3, 0.4) is 0 Å². The van der Waals surface area contributed by atoms with Gasteiger partial charge in [-0.1, -0.05) is 12.8 Å². The van der Waals surface area contributed by atoms with Gasteiger partial charge in [-0.2, -0.15) is 0 Å². The van der Waals surface area contributed by atoms with Crippen LogP contribution >= 0.6 is 0 Å². The predicted octanol–water partition coefficient (Wildman–Crippen LogP) is 4.34. The van der Waals surface area contributed by atoms with Gasteiger partial charge in [-0.3, -0.25) is 4.79 Å². The highest BCUT2D eigenvalue weighted by atomic mass is 16.5. The van der Waals surface area contributed by atoms with Crippen LogP contribution in [-0.4, -0.2) is 32.0 Å². The Morgan fingerprint density at radius 2 is 1.69 bits per heavy atom. The van der Waals surface area contributed by atoms with Crippen molar-refractivity contribution in [3.05, 3.63) is 59.6 Å². The summed E-state index contributed by atoms with van der Waals surface area (Å²) in [6.07, 6.45) is 8.03. The van der Waals surface area contributed by atoms with Crippen LogP contribution in [0.25, 0.3) is 6.08 Å². The molecular weight excluding hydrogens is 330 g/mol. The van der Waals surface area contributed by atoms with Crippen molar-refractivity contribution in [3.8, 4) is 0 Å². The summed E-state index contributed by atoms with van der Waals surface area (Å²) in [6.45, 7) is 2.16. The van der Waals surface area contributed by atoms with E-state index in [0.717, 1.165) is 13.1 Å². The molecule has 0 radical (unpaired) electrons. The van der Waals surface area contributed by atoms with E-state index in [4.69, 9.17) is 4.42 Å². The van der Waals surface area contributed by atoms with Gasteiger partial charge in [0.15, 0.2) is 5.78 Å². The largest absolute Gasteiger partial charge is 0.463 e. The fraction of sp³-hybridized carbons (Fsp3) is 0.333. The Morgan fingerprint density at radius 3 is 2.35 bits per heavy atom. The number of anilines is 1. The van der Waals surface area contributed by atoms with Crippen LogP contribution in [0.15, 0.2) is 46.9 Å². The molecule has 0 unspecified atom stereocenters. The van der Waals surface area contributed by atoms with Crippen molar-refractivity contribution >= 4 is 23.5 Å². The number of ketones is 1. The van der Waals surface area contributed by atoms with Crippen molar-refractivity contribution in [1.82, 2.24) is 0 Å². The maximum atomic E-state index is 12.3. The number of nitrogens with zero attached hydrogens (tertiary/aromatic N) is 1. The lowest BCUT2D eigenvalue weighted by molar-refractivity contribution is 0.0564. The Balaban J connectivity index is 1.64. The summed E-state index contributed by atoms with van der Waals surface area (Å²) >= 11 is 0. The van der Waals surface area contributed by atoms with E-state index in [9.17, 15) is 9.59 Å². The van der Waals surface area contributed by atoms with E-state index in [-0.39, 0.29) is 11.5 Å². The smallest absolute Gasteiger partial charge is 0.373 e. The van der Waals surface area contributed by atoms with Gasteiger partial charge in [0.25, 0.3) is 0 Å². The second-order valence-corrected chi connectivity index (χ2v) is 6.34. The van der Waals surface area contributed by atoms with Crippen molar-refractivity contribution < 1.29 is 18.7 Å². The van der Waals surface area contributed by atoms with Crippen molar-refractivity contribution in [2.24, 2.45) is 0 Å². The van der Waals surface area contributed by atoms with Crippen molar-refractivity contribution in [2.45, 2.75) is 25.7 Å². The van der Waals surface area contributed by atoms with Crippen LogP contribution in [0.4, 0.5) is 5.69 Å². The van der Waals surface area contributed by atoms with Crippen LogP contribution < -0.4 is 4.90 Å². The molecule has 0 N–H and O–H groups in total. The minimum absolute atomic E-state index is 0.108. The molecule has 1 aliphatic rings. The van der Waals surface area contributed by atoms with Crippen LogP contribution in [-0.2, 0) is 4.74 Å². The standard InChI is InChI=1S/C21H23NO4/c1-25-21(24)20-13-11-18(26-20)10-12-19(23)16-6-8-17(9-7-16)22-14-4-2-3-5-15-22/h6-13H,2-5,14-15H2,1H3. The lowest BCUT2D eigenvalue weighted by atomic mass is 10.1. The number of methoxy groups -OCH3 is 1. The lowest BCUT2D eigenvalue weighted by Gasteiger charge is -2.22. The number of allylic oxidation sites excluding steroid dienone is 1. The number of carbonyl (C=O) groups is 2. The Bertz CT molecular complexity index is 781. The van der Waals surface area contributed by atoms with Crippen LogP contribution in [0, 0.1) is 0 Å². The molecule has 5 heteroatoms. The molecule has 1 saturated heterocycles. The highest BCUT2D eigenvalue weighted by Gasteiger charge is 2.12. The molecule has 0 bridgehead atoms. The summed E-state index contributed by atoms with van der Waals surface area (Å²) in [6, 6.07) is 10.9. The number of carbonyl (C=O) groups excluding carboxylic acids is 2. The average molecular weight is 353 g/mol. The van der Waals surface area contributed by atoms with Gasteiger partial charge in [0.1, 0.15) is 5.76 Å². The summed E-state index contributed by atoms with van der Waals surface area (Å²) in [4.78, 5) is 26.1. The quantitative estimate of drug-likeness (QED) is 0.454. The third-order valence-electron chi connectivity index (χ3n) is 4.54. The third kappa shape index (κ3) is 4.42. The minimum atomic E-state index is -0.542. The minimum Gasteiger partial charge on any atom is -0.463 e. The molecule has 0 aliphatic carbocycles. The van der Waals surface area contributed by atoms with Gasteiger partial charge in [-0.25, -0.2) is 4.79 Å². The van der Waals surface area contributed by atoms with Gasteiger partial charge in [-0.15, -0.1) is 0 Å². The zero-order chi connectivity index (χ0) is 18.4. The van der Waals surface area contributed by atoms with E-state index in [1.807, 2.05) is 24.3 Å². The van der Waals surface area contributed by atoms with Crippen molar-refractivity contribution in [1.29, 1.82) is 0 Å². The summed E-state index contributed by atoms with van der Waals surface area (Å²) in [5.41, 5.74) is 1.79. The van der Waals surface area contributed by atoms with Crippen LogP contribution in [0.1, 0.15) is 52.4 Å². The lowest BCUT2D eigenvalue weighted by Crippen LogP contribution is -2.23. The maximum Gasteiger partial charge on any atom is 0.373 e. The maximum absolute atomic E-state index is 12.3. The molecule has 1 fully saturated rings. The normalized spacial score (nSPS) is 15.0. The zero-order valence-corrected chi connectivity index (χ0v) is 14.9. The predicted molar refractivity (Wildman–Crippen MR) is 101 cm³/mol. The highest BCUT2D eigenvalue weighted by Crippen LogP contribution is 2.20. The summed E-state index contributed by atoms with van der Waals surface area (Å²) < 4.78 is 9.90. The Kier molecular flexibility index (Phi) is 5.89.